The van der Waals surface area contributed by atoms with Gasteiger partial charge in [-0.2, -0.15) is 0 Å². The van der Waals surface area contributed by atoms with Crippen molar-refractivity contribution in [3.05, 3.63) is 144 Å². The molecule has 6 N–H and O–H groups in total. The number of rotatable bonds is 10. The number of aliphatic hydroxyl groups is 2. The average molecular weight is 849 g/mol. The van der Waals surface area contributed by atoms with Gasteiger partial charge < -0.3 is 48.9 Å². The SMILES string of the molecule is CC.COc1cc(OC)cc(N2C(=N)C(c3nc4ccccc4[nH]3)=C(O)C2C(C)C)c1.COc1cc(OC)cc(N2C(=N)C(c3nc4ccccc4[nH]3)=C(O)C2c2ccccc2)c1. The number of hydrogen-bond acceptors (Lipinski definition) is 10. The van der Waals surface area contributed by atoms with E-state index in [1.54, 1.807) is 50.4 Å². The second kappa shape index (κ2) is 18.5. The average Bonchev–Trinajstić information content (AvgIpc) is 4.06. The number of fused-ring (bicyclic) bond motifs is 2. The van der Waals surface area contributed by atoms with Crippen LogP contribution in [0.15, 0.2) is 127 Å². The molecular weight excluding hydrogens is 797 g/mol. The summed E-state index contributed by atoms with van der Waals surface area (Å²) >= 11 is 0. The highest BCUT2D eigenvalue weighted by Crippen LogP contribution is 2.45. The van der Waals surface area contributed by atoms with Crippen LogP contribution in [0.5, 0.6) is 23.0 Å². The number of anilines is 2. The van der Waals surface area contributed by atoms with Crippen LogP contribution >= 0.6 is 0 Å². The molecule has 0 amide bonds. The number of aliphatic hydroxyl groups excluding tert-OH is 2. The van der Waals surface area contributed by atoms with E-state index >= 15 is 0 Å². The third-order valence-corrected chi connectivity index (χ3v) is 10.8. The van der Waals surface area contributed by atoms with Crippen LogP contribution in [0.3, 0.4) is 0 Å². The van der Waals surface area contributed by atoms with Crippen molar-refractivity contribution in [2.45, 2.75) is 39.8 Å². The van der Waals surface area contributed by atoms with Gasteiger partial charge >= 0.3 is 0 Å². The minimum Gasteiger partial charge on any atom is -0.509 e. The molecule has 14 heteroatoms. The third kappa shape index (κ3) is 8.22. The minimum atomic E-state index is -0.594. The summed E-state index contributed by atoms with van der Waals surface area (Å²) in [6, 6.07) is 34.8. The number of aromatic nitrogens is 4. The predicted octanol–water partition coefficient (Wildman–Crippen LogP) is 10.5. The van der Waals surface area contributed by atoms with E-state index in [1.807, 2.05) is 131 Å². The van der Waals surface area contributed by atoms with Gasteiger partial charge in [0.15, 0.2) is 0 Å². The highest BCUT2D eigenvalue weighted by molar-refractivity contribution is 6.32. The fourth-order valence-electron chi connectivity index (χ4n) is 7.88. The lowest BCUT2D eigenvalue weighted by Crippen LogP contribution is -2.39. The molecule has 2 aromatic heterocycles. The normalized spacial score (nSPS) is 16.1. The van der Waals surface area contributed by atoms with Gasteiger partial charge in [-0.25, -0.2) is 9.97 Å². The molecule has 14 nitrogen and oxygen atoms in total. The first-order valence-corrected chi connectivity index (χ1v) is 20.6. The van der Waals surface area contributed by atoms with Crippen molar-refractivity contribution >= 4 is 56.3 Å². The first-order chi connectivity index (χ1) is 30.5. The maximum atomic E-state index is 11.4. The molecule has 2 aliphatic rings. The predicted molar refractivity (Wildman–Crippen MR) is 250 cm³/mol. The zero-order valence-corrected chi connectivity index (χ0v) is 36.5. The van der Waals surface area contributed by atoms with Gasteiger partial charge in [-0.15, -0.1) is 0 Å². The molecule has 0 spiro atoms. The van der Waals surface area contributed by atoms with Crippen molar-refractivity contribution in [3.8, 4) is 23.0 Å². The Morgan fingerprint density at radius 3 is 1.38 bits per heavy atom. The zero-order valence-electron chi connectivity index (χ0n) is 36.5. The van der Waals surface area contributed by atoms with Crippen LogP contribution < -0.4 is 28.7 Å². The van der Waals surface area contributed by atoms with E-state index in [1.165, 1.54) is 0 Å². The summed E-state index contributed by atoms with van der Waals surface area (Å²) in [6.07, 6.45) is 0. The number of nitrogens with one attached hydrogen (secondary N) is 4. The van der Waals surface area contributed by atoms with Crippen LogP contribution in [0.1, 0.15) is 50.9 Å². The lowest BCUT2D eigenvalue weighted by Gasteiger charge is -2.30. The molecule has 0 saturated carbocycles. The number of hydrogen-bond donors (Lipinski definition) is 6. The molecule has 324 valence electrons. The molecular formula is C49H52N8O6. The molecule has 4 heterocycles. The van der Waals surface area contributed by atoms with Crippen molar-refractivity contribution in [2.75, 3.05) is 38.2 Å². The molecule has 0 aliphatic carbocycles. The summed E-state index contributed by atoms with van der Waals surface area (Å²) in [5.41, 5.74) is 6.25. The fraction of sp³-hybridized carbons (Fsp3) is 0.224. The molecule has 2 unspecified atom stereocenters. The first kappa shape index (κ1) is 43.4. The van der Waals surface area contributed by atoms with E-state index in [4.69, 9.17) is 29.8 Å². The van der Waals surface area contributed by atoms with Crippen LogP contribution in [0.25, 0.3) is 33.2 Å². The highest BCUT2D eigenvalue weighted by atomic mass is 16.5. The highest BCUT2D eigenvalue weighted by Gasteiger charge is 2.43. The van der Waals surface area contributed by atoms with E-state index < -0.39 is 12.1 Å². The monoisotopic (exact) mass is 848 g/mol. The largest absolute Gasteiger partial charge is 0.509 e. The Balaban J connectivity index is 0.000000183. The number of imidazole rings is 2. The Morgan fingerprint density at radius 1 is 0.556 bits per heavy atom. The number of nitrogens with zero attached hydrogens (tertiary/aromatic N) is 4. The molecule has 0 bridgehead atoms. The van der Waals surface area contributed by atoms with Crippen LogP contribution in [-0.4, -0.2) is 76.3 Å². The Hall–Kier alpha value is -7.74. The lowest BCUT2D eigenvalue weighted by molar-refractivity contribution is 0.343. The van der Waals surface area contributed by atoms with Crippen LogP contribution in [0.4, 0.5) is 11.4 Å². The van der Waals surface area contributed by atoms with E-state index in [-0.39, 0.29) is 29.1 Å². The molecule has 2 atom stereocenters. The van der Waals surface area contributed by atoms with Gasteiger partial charge in [0, 0.05) is 36.4 Å². The molecule has 0 radical (unpaired) electrons. The first-order valence-electron chi connectivity index (χ1n) is 20.6. The summed E-state index contributed by atoms with van der Waals surface area (Å²) in [5, 5.41) is 40.5. The number of benzene rings is 5. The Labute approximate surface area is 366 Å². The Morgan fingerprint density at radius 2 is 0.952 bits per heavy atom. The summed E-state index contributed by atoms with van der Waals surface area (Å²) < 4.78 is 21.7. The van der Waals surface area contributed by atoms with Gasteiger partial charge in [-0.1, -0.05) is 82.3 Å². The van der Waals surface area contributed by atoms with Crippen molar-refractivity contribution in [1.82, 2.24) is 19.9 Å². The maximum absolute atomic E-state index is 11.4. The Kier molecular flexibility index (Phi) is 12.7. The molecule has 0 saturated heterocycles. The van der Waals surface area contributed by atoms with E-state index in [0.29, 0.717) is 57.2 Å². The summed E-state index contributed by atoms with van der Waals surface area (Å²) in [4.78, 5) is 19.3. The van der Waals surface area contributed by atoms with Gasteiger partial charge in [0.05, 0.1) is 79.1 Å². The van der Waals surface area contributed by atoms with Gasteiger partial charge in [0.25, 0.3) is 0 Å². The van der Waals surface area contributed by atoms with E-state index in [9.17, 15) is 10.2 Å². The van der Waals surface area contributed by atoms with Crippen molar-refractivity contribution in [1.29, 1.82) is 10.8 Å². The molecule has 2 aliphatic heterocycles. The van der Waals surface area contributed by atoms with Gasteiger partial charge in [-0.05, 0) is 35.7 Å². The van der Waals surface area contributed by atoms with Crippen molar-refractivity contribution < 1.29 is 29.2 Å². The van der Waals surface area contributed by atoms with Gasteiger partial charge in [-0.3, -0.25) is 10.8 Å². The minimum absolute atomic E-state index is 0.0504. The third-order valence-electron chi connectivity index (χ3n) is 10.8. The molecule has 0 fully saturated rings. The second-order valence-corrected chi connectivity index (χ2v) is 14.8. The van der Waals surface area contributed by atoms with Crippen LogP contribution in [0, 0.1) is 16.7 Å². The smallest absolute Gasteiger partial charge is 0.145 e. The number of ether oxygens (including phenoxy) is 4. The quantitative estimate of drug-likeness (QED) is 0.0773. The fourth-order valence-corrected chi connectivity index (χ4v) is 7.88. The lowest BCUT2D eigenvalue weighted by atomic mass is 10.0. The second-order valence-electron chi connectivity index (χ2n) is 14.8. The van der Waals surface area contributed by atoms with Crippen molar-refractivity contribution in [2.24, 2.45) is 5.92 Å². The number of para-hydroxylation sites is 4. The van der Waals surface area contributed by atoms with E-state index in [0.717, 1.165) is 27.6 Å². The van der Waals surface area contributed by atoms with Gasteiger partial charge in [0.2, 0.25) is 0 Å². The zero-order chi connectivity index (χ0) is 44.9. The van der Waals surface area contributed by atoms with Gasteiger partial charge in [0.1, 0.15) is 63.9 Å². The van der Waals surface area contributed by atoms with Crippen LogP contribution in [-0.2, 0) is 0 Å². The topological polar surface area (TPSA) is 189 Å². The standard InChI is InChI=1S/C25H22N4O3.C22H24N4O3.C2H6/c1-31-17-12-16(13-18(14-17)32-2)29-22(15-8-4-3-5-9-15)23(30)21(24(29)26)25-27-19-10-6-7-11-20(19)28-25;1-12(2)19-20(27)18(22-24-16-7-5-6-8-17(16)25-22)21(23)26(19)13-9-14(28-3)11-15(10-13)29-4;1-2/h3-14,22,26,30H,1-2H3,(H,27,28);5-12,19,23,27H,1-4H3,(H,24,25);1-2H3. The molecule has 63 heavy (non-hydrogen) atoms. The summed E-state index contributed by atoms with van der Waals surface area (Å²) in [6.45, 7) is 8.03. The van der Waals surface area contributed by atoms with Crippen molar-refractivity contribution in [3.63, 3.8) is 0 Å². The van der Waals surface area contributed by atoms with Crippen LogP contribution in [0.2, 0.25) is 0 Å². The molecule has 9 rings (SSSR count). The van der Waals surface area contributed by atoms with E-state index in [2.05, 4.69) is 19.9 Å². The number of aromatic amines is 2. The maximum Gasteiger partial charge on any atom is 0.145 e. The Bertz CT molecular complexity index is 2730. The summed E-state index contributed by atoms with van der Waals surface area (Å²) in [5.74, 6) is 3.90. The summed E-state index contributed by atoms with van der Waals surface area (Å²) in [7, 11) is 6.34. The molecule has 7 aromatic rings. The number of H-pyrrole nitrogens is 2. The number of amidine groups is 2. The number of methoxy groups -OCH3 is 4. The molecule has 5 aromatic carbocycles.